The van der Waals surface area contributed by atoms with Gasteiger partial charge in [-0.1, -0.05) is 0 Å². The summed E-state index contributed by atoms with van der Waals surface area (Å²) in [5.41, 5.74) is 0.873. The second kappa shape index (κ2) is 4.71. The van der Waals surface area contributed by atoms with Crippen molar-refractivity contribution in [2.24, 2.45) is 5.84 Å². The maximum atomic E-state index is 13.0. The lowest BCUT2D eigenvalue weighted by Gasteiger charge is -2.15. The second-order valence-electron chi connectivity index (χ2n) is 2.85. The molecule has 0 aliphatic heterocycles. The summed E-state index contributed by atoms with van der Waals surface area (Å²) in [5.74, 6) is 1.00. The Hall–Kier alpha value is -2.27. The average molecular weight is 245 g/mol. The van der Waals surface area contributed by atoms with Crippen molar-refractivity contribution in [2.75, 3.05) is 0 Å². The summed E-state index contributed by atoms with van der Waals surface area (Å²) >= 11 is 0. The molecule has 0 aliphatic carbocycles. The molecule has 1 amide bonds. The third-order valence-corrected chi connectivity index (χ3v) is 1.70. The van der Waals surface area contributed by atoms with Gasteiger partial charge in [0.05, 0.1) is 5.56 Å². The highest BCUT2D eigenvalue weighted by atomic mass is 19.3. The summed E-state index contributed by atoms with van der Waals surface area (Å²) in [7, 11) is 0. The van der Waals surface area contributed by atoms with Crippen molar-refractivity contribution >= 4 is 5.91 Å². The Kier molecular flexibility index (Phi) is 3.55. The van der Waals surface area contributed by atoms with Crippen molar-refractivity contribution in [3.63, 3.8) is 0 Å². The molecule has 3 N–H and O–H groups in total. The monoisotopic (exact) mass is 245 g/mol. The number of benzene rings is 1. The fourth-order valence-electron chi connectivity index (χ4n) is 0.928. The van der Waals surface area contributed by atoms with E-state index < -0.39 is 23.6 Å². The maximum absolute atomic E-state index is 13.0. The van der Waals surface area contributed by atoms with Gasteiger partial charge in [-0.05, 0) is 12.1 Å². The highest BCUT2D eigenvalue weighted by Gasteiger charge is 2.41. The molecular formula is C9H6F3N3O2. The highest BCUT2D eigenvalue weighted by molar-refractivity contribution is 5.81. The number of nitrogens with two attached hydrogens (primary N) is 1. The van der Waals surface area contributed by atoms with Gasteiger partial charge in [-0.2, -0.15) is 14.0 Å². The number of nitrogens with zero attached hydrogens (tertiary/aromatic N) is 1. The molecule has 17 heavy (non-hydrogen) atoms. The zero-order chi connectivity index (χ0) is 13.1. The number of hydrogen-bond donors (Lipinski definition) is 2. The van der Waals surface area contributed by atoms with Crippen LogP contribution in [0.3, 0.4) is 0 Å². The first-order valence-corrected chi connectivity index (χ1v) is 4.18. The Morgan fingerprint density at radius 2 is 2.18 bits per heavy atom. The normalized spacial score (nSPS) is 10.5. The van der Waals surface area contributed by atoms with E-state index in [1.54, 1.807) is 0 Å². The largest absolute Gasteiger partial charge is 0.483 e. The van der Waals surface area contributed by atoms with Crippen LogP contribution >= 0.6 is 0 Å². The molecule has 0 unspecified atom stereocenters. The van der Waals surface area contributed by atoms with Gasteiger partial charge in [0.25, 0.3) is 0 Å². The van der Waals surface area contributed by atoms with E-state index in [9.17, 15) is 18.0 Å². The molecule has 1 aromatic carbocycles. The van der Waals surface area contributed by atoms with Crippen LogP contribution in [0.4, 0.5) is 13.2 Å². The number of rotatable bonds is 3. The Morgan fingerprint density at radius 3 is 2.65 bits per heavy atom. The van der Waals surface area contributed by atoms with E-state index in [-0.39, 0.29) is 5.56 Å². The van der Waals surface area contributed by atoms with Gasteiger partial charge < -0.3 is 4.74 Å². The first-order valence-electron chi connectivity index (χ1n) is 4.18. The van der Waals surface area contributed by atoms with Gasteiger partial charge in [0.2, 0.25) is 0 Å². The molecule has 90 valence electrons. The van der Waals surface area contributed by atoms with Crippen LogP contribution in [0.5, 0.6) is 5.75 Å². The van der Waals surface area contributed by atoms with Gasteiger partial charge in [-0.15, -0.1) is 0 Å². The van der Waals surface area contributed by atoms with Crippen LogP contribution in [-0.2, 0) is 4.79 Å². The smallest absolute Gasteiger partial charge is 0.425 e. The fourth-order valence-corrected chi connectivity index (χ4v) is 0.928. The van der Waals surface area contributed by atoms with E-state index in [1.165, 1.54) is 11.5 Å². The van der Waals surface area contributed by atoms with Crippen molar-refractivity contribution in [1.29, 1.82) is 5.26 Å². The van der Waals surface area contributed by atoms with E-state index in [4.69, 9.17) is 5.26 Å². The summed E-state index contributed by atoms with van der Waals surface area (Å²) in [6.45, 7) is 0. The minimum absolute atomic E-state index is 0.330. The SMILES string of the molecule is N#Cc1ccc(OC(F)(F)C(=O)NN)cc1F. The summed E-state index contributed by atoms with van der Waals surface area (Å²) in [6.07, 6.45) is -4.23. The first kappa shape index (κ1) is 12.8. The van der Waals surface area contributed by atoms with E-state index in [0.29, 0.717) is 6.07 Å². The molecular weight excluding hydrogens is 239 g/mol. The predicted molar refractivity (Wildman–Crippen MR) is 49.0 cm³/mol. The third kappa shape index (κ3) is 2.85. The molecule has 0 fully saturated rings. The molecule has 0 atom stereocenters. The molecule has 8 heteroatoms. The molecule has 1 rings (SSSR count). The number of nitrogens with one attached hydrogen (secondary N) is 1. The number of ether oxygens (including phenoxy) is 1. The van der Waals surface area contributed by atoms with Gasteiger partial charge in [0, 0.05) is 6.07 Å². The van der Waals surface area contributed by atoms with Crippen molar-refractivity contribution in [1.82, 2.24) is 5.43 Å². The minimum atomic E-state index is -4.23. The molecule has 0 aliphatic rings. The quantitative estimate of drug-likeness (QED) is 0.465. The fraction of sp³-hybridized carbons (Fsp3) is 0.111. The number of alkyl halides is 2. The van der Waals surface area contributed by atoms with Gasteiger partial charge in [0.15, 0.2) is 0 Å². The zero-order valence-corrected chi connectivity index (χ0v) is 8.21. The number of hydrazine groups is 1. The van der Waals surface area contributed by atoms with Crippen LogP contribution in [0, 0.1) is 17.1 Å². The molecule has 0 radical (unpaired) electrons. The summed E-state index contributed by atoms with van der Waals surface area (Å²) < 4.78 is 42.8. The Bertz CT molecular complexity index is 485. The Labute approximate surface area is 93.6 Å². The molecule has 0 spiro atoms. The van der Waals surface area contributed by atoms with Crippen LogP contribution in [-0.4, -0.2) is 12.0 Å². The molecule has 0 saturated heterocycles. The van der Waals surface area contributed by atoms with Gasteiger partial charge >= 0.3 is 12.0 Å². The standard InChI is InChI=1S/C9H6F3N3O2/c10-7-3-6(2-1-5(7)4-13)17-9(11,12)8(16)15-14/h1-3H,14H2,(H,15,16). The molecule has 1 aromatic rings. The number of carbonyl (C=O) groups excluding carboxylic acids is 1. The molecule has 0 saturated carbocycles. The minimum Gasteiger partial charge on any atom is -0.425 e. The number of amides is 1. The van der Waals surface area contributed by atoms with Crippen molar-refractivity contribution < 1.29 is 22.7 Å². The maximum Gasteiger partial charge on any atom is 0.483 e. The zero-order valence-electron chi connectivity index (χ0n) is 8.21. The van der Waals surface area contributed by atoms with Crippen LogP contribution in [0.25, 0.3) is 0 Å². The lowest BCUT2D eigenvalue weighted by Crippen LogP contribution is -2.47. The van der Waals surface area contributed by atoms with Gasteiger partial charge in [0.1, 0.15) is 17.6 Å². The predicted octanol–water partition coefficient (Wildman–Crippen LogP) is 0.659. The average Bonchev–Trinajstić information content (AvgIpc) is 2.27. The van der Waals surface area contributed by atoms with Crippen molar-refractivity contribution in [2.45, 2.75) is 6.11 Å². The molecule has 0 aromatic heterocycles. The first-order chi connectivity index (χ1) is 7.90. The molecule has 5 nitrogen and oxygen atoms in total. The van der Waals surface area contributed by atoms with Crippen LogP contribution < -0.4 is 16.0 Å². The van der Waals surface area contributed by atoms with Gasteiger partial charge in [-0.25, -0.2) is 10.2 Å². The number of nitriles is 1. The number of halogens is 3. The van der Waals surface area contributed by atoms with Crippen LogP contribution in [0.2, 0.25) is 0 Å². The van der Waals surface area contributed by atoms with Crippen LogP contribution in [0.15, 0.2) is 18.2 Å². The molecule has 0 heterocycles. The van der Waals surface area contributed by atoms with Crippen molar-refractivity contribution in [3.8, 4) is 11.8 Å². The lowest BCUT2D eigenvalue weighted by molar-refractivity contribution is -0.192. The van der Waals surface area contributed by atoms with Crippen molar-refractivity contribution in [3.05, 3.63) is 29.6 Å². The number of carbonyl (C=O) groups is 1. The van der Waals surface area contributed by atoms with E-state index in [2.05, 4.69) is 10.6 Å². The van der Waals surface area contributed by atoms with E-state index in [1.807, 2.05) is 0 Å². The van der Waals surface area contributed by atoms with E-state index >= 15 is 0 Å². The number of hydrogen-bond acceptors (Lipinski definition) is 4. The Morgan fingerprint density at radius 1 is 1.53 bits per heavy atom. The lowest BCUT2D eigenvalue weighted by atomic mass is 10.2. The Balaban J connectivity index is 2.94. The summed E-state index contributed by atoms with van der Waals surface area (Å²) in [5, 5.41) is 8.41. The molecule has 0 bridgehead atoms. The van der Waals surface area contributed by atoms with E-state index in [0.717, 1.165) is 12.1 Å². The summed E-state index contributed by atoms with van der Waals surface area (Å²) in [6, 6.07) is 3.94. The topological polar surface area (TPSA) is 88.1 Å². The van der Waals surface area contributed by atoms with Crippen LogP contribution in [0.1, 0.15) is 5.56 Å². The highest BCUT2D eigenvalue weighted by Crippen LogP contribution is 2.23. The second-order valence-corrected chi connectivity index (χ2v) is 2.85. The summed E-state index contributed by atoms with van der Waals surface area (Å²) in [4.78, 5) is 10.6. The third-order valence-electron chi connectivity index (χ3n) is 1.70. The van der Waals surface area contributed by atoms with Gasteiger partial charge in [-0.3, -0.25) is 10.2 Å².